The number of carbonyl (C=O) groups excluding carboxylic acids is 1. The van der Waals surface area contributed by atoms with Crippen LogP contribution in [0.2, 0.25) is 0 Å². The van der Waals surface area contributed by atoms with E-state index in [0.717, 1.165) is 37.2 Å². The predicted molar refractivity (Wildman–Crippen MR) is 157 cm³/mol. The Kier molecular flexibility index (Phi) is 8.24. The van der Waals surface area contributed by atoms with Gasteiger partial charge in [0.1, 0.15) is 30.0 Å². The number of carbonyl (C=O) groups is 2. The Morgan fingerprint density at radius 3 is 2.47 bits per heavy atom. The second kappa shape index (κ2) is 11.8. The van der Waals surface area contributed by atoms with Gasteiger partial charge in [0, 0.05) is 30.8 Å². The average molecular weight is 597 g/mol. The molecule has 0 saturated carbocycles. The minimum Gasteiger partial charge on any atom is -0.493 e. The first-order chi connectivity index (χ1) is 20.4. The van der Waals surface area contributed by atoms with Crippen molar-refractivity contribution in [3.63, 3.8) is 0 Å². The van der Waals surface area contributed by atoms with E-state index in [-0.39, 0.29) is 54.1 Å². The monoisotopic (exact) mass is 596 g/mol. The molecule has 1 saturated heterocycles. The summed E-state index contributed by atoms with van der Waals surface area (Å²) >= 11 is 0. The molecule has 1 fully saturated rings. The molecule has 3 aliphatic rings. The molecular weight excluding hydrogens is 559 g/mol. The van der Waals surface area contributed by atoms with E-state index in [1.807, 2.05) is 32.9 Å². The number of nitrogens with one attached hydrogen (secondary N) is 2. The fourth-order valence-electron chi connectivity index (χ4n) is 5.66. The Balaban J connectivity index is 1.45. The van der Waals surface area contributed by atoms with Gasteiger partial charge in [-0.25, -0.2) is 9.18 Å². The highest BCUT2D eigenvalue weighted by Gasteiger charge is 2.34. The smallest absolute Gasteiger partial charge is 0.354 e. The van der Waals surface area contributed by atoms with Gasteiger partial charge in [-0.15, -0.1) is 0 Å². The van der Waals surface area contributed by atoms with Crippen molar-refractivity contribution in [1.82, 2.24) is 10.4 Å². The fourth-order valence-corrected chi connectivity index (χ4v) is 5.66. The standard InChI is InChI=1S/C31H37FN4O7/c1-31(2,3)20-10-17(23(37)15-36-14-18-12-24(40-4)28(41-5)26(32)25(18)29(36)33)11-22(35-8-6-7-9-35)27(20)42-16-19-13-21(30(38)39)34-43-19/h10-13,19,33-34H,6-9,14-16H2,1-5H3,(H,38,39). The van der Waals surface area contributed by atoms with Gasteiger partial charge in [0.05, 0.1) is 32.0 Å². The Morgan fingerprint density at radius 1 is 1.14 bits per heavy atom. The lowest BCUT2D eigenvalue weighted by Crippen LogP contribution is -2.31. The molecule has 0 aromatic heterocycles. The predicted octanol–water partition coefficient (Wildman–Crippen LogP) is 4.02. The summed E-state index contributed by atoms with van der Waals surface area (Å²) in [6.07, 6.45) is 2.87. The molecule has 0 aliphatic carbocycles. The van der Waals surface area contributed by atoms with Crippen LogP contribution in [0.3, 0.4) is 0 Å². The number of ether oxygens (including phenoxy) is 3. The molecule has 1 unspecified atom stereocenters. The number of carboxylic acid groups (broad SMARTS) is 1. The highest BCUT2D eigenvalue weighted by molar-refractivity contribution is 6.06. The van der Waals surface area contributed by atoms with E-state index in [0.29, 0.717) is 16.9 Å². The van der Waals surface area contributed by atoms with Crippen molar-refractivity contribution in [1.29, 1.82) is 5.41 Å². The van der Waals surface area contributed by atoms with Gasteiger partial charge in [-0.2, -0.15) is 0 Å². The van der Waals surface area contributed by atoms with Crippen LogP contribution in [0.4, 0.5) is 10.1 Å². The van der Waals surface area contributed by atoms with Crippen molar-refractivity contribution < 1.29 is 38.1 Å². The summed E-state index contributed by atoms with van der Waals surface area (Å²) < 4.78 is 32.1. The zero-order valence-electron chi connectivity index (χ0n) is 25.0. The Morgan fingerprint density at radius 2 is 1.86 bits per heavy atom. The van der Waals surface area contributed by atoms with Crippen LogP contribution >= 0.6 is 0 Å². The van der Waals surface area contributed by atoms with Crippen molar-refractivity contribution in [3.05, 3.63) is 58.0 Å². The molecule has 3 aliphatic heterocycles. The van der Waals surface area contributed by atoms with Crippen molar-refractivity contribution in [2.75, 3.05) is 45.4 Å². The van der Waals surface area contributed by atoms with E-state index in [1.54, 1.807) is 11.0 Å². The summed E-state index contributed by atoms with van der Waals surface area (Å²) in [7, 11) is 2.76. The number of anilines is 1. The van der Waals surface area contributed by atoms with Crippen molar-refractivity contribution in [3.8, 4) is 17.2 Å². The number of ketones is 1. The van der Waals surface area contributed by atoms with Crippen LogP contribution in [0.1, 0.15) is 60.7 Å². The lowest BCUT2D eigenvalue weighted by atomic mass is 9.84. The highest BCUT2D eigenvalue weighted by atomic mass is 19.1. The molecule has 0 radical (unpaired) electrons. The first-order valence-corrected chi connectivity index (χ1v) is 14.2. The van der Waals surface area contributed by atoms with Crippen molar-refractivity contribution >= 4 is 23.3 Å². The summed E-state index contributed by atoms with van der Waals surface area (Å²) in [6.45, 7) is 7.84. The molecule has 12 heteroatoms. The Labute approximate surface area is 249 Å². The third kappa shape index (κ3) is 5.83. The SMILES string of the molecule is COc1cc2c(c(F)c1OC)C(=N)N(CC(=O)c1cc(N3CCCC3)c(OCC3C=C(C(=O)O)NO3)c(C(C)(C)C)c1)C2. The van der Waals surface area contributed by atoms with E-state index in [2.05, 4.69) is 10.4 Å². The lowest BCUT2D eigenvalue weighted by molar-refractivity contribution is -0.134. The van der Waals surface area contributed by atoms with Gasteiger partial charge in [-0.1, -0.05) is 20.8 Å². The topological polar surface area (TPSA) is 134 Å². The summed E-state index contributed by atoms with van der Waals surface area (Å²) in [5, 5.41) is 17.9. The van der Waals surface area contributed by atoms with E-state index in [1.165, 1.54) is 20.3 Å². The van der Waals surface area contributed by atoms with E-state index >= 15 is 4.39 Å². The van der Waals surface area contributed by atoms with Crippen LogP contribution in [0.25, 0.3) is 0 Å². The van der Waals surface area contributed by atoms with Gasteiger partial charge in [-0.05, 0) is 48.1 Å². The molecule has 5 rings (SSSR count). The molecule has 43 heavy (non-hydrogen) atoms. The number of nitrogens with zero attached hydrogens (tertiary/aromatic N) is 2. The number of halogens is 1. The van der Waals surface area contributed by atoms with Crippen LogP contribution in [0.15, 0.2) is 30.0 Å². The van der Waals surface area contributed by atoms with Crippen molar-refractivity contribution in [2.24, 2.45) is 0 Å². The van der Waals surface area contributed by atoms with E-state index in [4.69, 9.17) is 24.5 Å². The van der Waals surface area contributed by atoms with Gasteiger partial charge in [0.15, 0.2) is 23.1 Å². The summed E-state index contributed by atoms with van der Waals surface area (Å²) in [5.74, 6) is -1.33. The third-order valence-corrected chi connectivity index (χ3v) is 7.88. The molecule has 11 nitrogen and oxygen atoms in total. The van der Waals surface area contributed by atoms with Gasteiger partial charge < -0.3 is 29.1 Å². The van der Waals surface area contributed by atoms with E-state index < -0.39 is 23.3 Å². The summed E-state index contributed by atoms with van der Waals surface area (Å²) in [6, 6.07) is 5.29. The van der Waals surface area contributed by atoms with Gasteiger partial charge >= 0.3 is 5.97 Å². The molecular formula is C31H37FN4O7. The quantitative estimate of drug-likeness (QED) is 0.346. The molecule has 2 aromatic rings. The number of rotatable bonds is 10. The van der Waals surface area contributed by atoms with Crippen LogP contribution in [-0.4, -0.2) is 74.2 Å². The second-order valence-corrected chi connectivity index (χ2v) is 11.9. The zero-order chi connectivity index (χ0) is 31.1. The number of methoxy groups -OCH3 is 2. The number of benzene rings is 2. The maximum absolute atomic E-state index is 15.3. The molecule has 3 N–H and O–H groups in total. The summed E-state index contributed by atoms with van der Waals surface area (Å²) in [5.41, 5.74) is 4.66. The number of hydrogen-bond acceptors (Lipinski definition) is 9. The maximum Gasteiger partial charge on any atom is 0.354 e. The number of carboxylic acids is 1. The van der Waals surface area contributed by atoms with E-state index in [9.17, 15) is 14.7 Å². The molecule has 2 aromatic carbocycles. The van der Waals surface area contributed by atoms with Gasteiger partial charge in [0.25, 0.3) is 0 Å². The maximum atomic E-state index is 15.3. The lowest BCUT2D eigenvalue weighted by Gasteiger charge is -2.30. The average Bonchev–Trinajstić information content (AvgIpc) is 3.72. The van der Waals surface area contributed by atoms with Gasteiger partial charge in [0.2, 0.25) is 0 Å². The largest absolute Gasteiger partial charge is 0.493 e. The number of hydroxylamine groups is 1. The van der Waals surface area contributed by atoms with Crippen LogP contribution in [-0.2, 0) is 21.6 Å². The third-order valence-electron chi connectivity index (χ3n) is 7.88. The molecule has 0 spiro atoms. The minimum atomic E-state index is -1.12. The van der Waals surface area contributed by atoms with Crippen molar-refractivity contribution in [2.45, 2.75) is 51.7 Å². The summed E-state index contributed by atoms with van der Waals surface area (Å²) in [4.78, 5) is 34.2. The first-order valence-electron chi connectivity index (χ1n) is 14.2. The highest BCUT2D eigenvalue weighted by Crippen LogP contribution is 2.42. The number of Topliss-reactive ketones (excluding diaryl/α,β-unsaturated/α-hetero) is 1. The number of fused-ring (bicyclic) bond motifs is 1. The molecule has 1 atom stereocenters. The Hall–Kier alpha value is -4.32. The second-order valence-electron chi connectivity index (χ2n) is 11.9. The normalized spacial score (nSPS) is 18.0. The zero-order valence-corrected chi connectivity index (χ0v) is 25.0. The number of amidine groups is 1. The van der Waals surface area contributed by atoms with Gasteiger partial charge in [-0.3, -0.25) is 20.5 Å². The molecule has 230 valence electrons. The molecule has 0 bridgehead atoms. The molecule has 3 heterocycles. The first kappa shape index (κ1) is 30.1. The van der Waals surface area contributed by atoms with Crippen LogP contribution in [0.5, 0.6) is 17.2 Å². The fraction of sp³-hybridized carbons (Fsp3) is 0.452. The number of aliphatic carboxylic acids is 1. The minimum absolute atomic E-state index is 0.0447. The number of hydrogen-bond donors (Lipinski definition) is 3. The Bertz CT molecular complexity index is 1490. The molecule has 0 amide bonds. The van der Waals surface area contributed by atoms with Crippen LogP contribution < -0.4 is 24.6 Å². The van der Waals surface area contributed by atoms with Crippen LogP contribution in [0, 0.1) is 11.2 Å².